The van der Waals surface area contributed by atoms with E-state index < -0.39 is 0 Å². The van der Waals surface area contributed by atoms with Crippen LogP contribution in [0.1, 0.15) is 46.3 Å². The maximum absolute atomic E-state index is 5.52. The standard InChI is InChI=1S/C17H30N2O/c1-5-7-15-12-19(17(11-18-15)13(2)3)14(4)10-16-8-6-9-20-16/h6,8-9,13-15,17-18H,5,7,10-12H2,1-4H3. The van der Waals surface area contributed by atoms with E-state index in [9.17, 15) is 0 Å². The second-order valence-corrected chi connectivity index (χ2v) is 6.53. The number of nitrogens with zero attached hydrogens (tertiary/aromatic N) is 1. The first-order valence-electron chi connectivity index (χ1n) is 8.13. The molecule has 0 amide bonds. The minimum atomic E-state index is 0.537. The maximum Gasteiger partial charge on any atom is 0.105 e. The van der Waals surface area contributed by atoms with E-state index in [2.05, 4.69) is 44.0 Å². The molecule has 1 fully saturated rings. The van der Waals surface area contributed by atoms with Crippen LogP contribution in [-0.4, -0.2) is 36.1 Å². The van der Waals surface area contributed by atoms with E-state index >= 15 is 0 Å². The molecule has 0 spiro atoms. The Hall–Kier alpha value is -0.800. The van der Waals surface area contributed by atoms with Gasteiger partial charge >= 0.3 is 0 Å². The molecule has 1 aliphatic heterocycles. The zero-order valence-corrected chi connectivity index (χ0v) is 13.4. The fraction of sp³-hybridized carbons (Fsp3) is 0.765. The summed E-state index contributed by atoms with van der Waals surface area (Å²) in [4.78, 5) is 2.70. The van der Waals surface area contributed by atoms with Crippen LogP contribution in [0.15, 0.2) is 22.8 Å². The van der Waals surface area contributed by atoms with Crippen LogP contribution in [0.5, 0.6) is 0 Å². The number of hydrogen-bond acceptors (Lipinski definition) is 3. The largest absolute Gasteiger partial charge is 0.469 e. The topological polar surface area (TPSA) is 28.4 Å². The molecule has 20 heavy (non-hydrogen) atoms. The molecule has 3 heteroatoms. The first-order chi connectivity index (χ1) is 9.61. The highest BCUT2D eigenvalue weighted by Gasteiger charge is 2.32. The molecule has 0 aliphatic carbocycles. The summed E-state index contributed by atoms with van der Waals surface area (Å²) < 4.78 is 5.52. The highest BCUT2D eigenvalue weighted by atomic mass is 16.3. The van der Waals surface area contributed by atoms with Crippen molar-refractivity contribution in [3.8, 4) is 0 Å². The molecular weight excluding hydrogens is 248 g/mol. The molecule has 0 aromatic carbocycles. The molecule has 0 saturated carbocycles. The van der Waals surface area contributed by atoms with Crippen LogP contribution in [0, 0.1) is 5.92 Å². The van der Waals surface area contributed by atoms with Crippen molar-refractivity contribution in [3.05, 3.63) is 24.2 Å². The number of piperazine rings is 1. The van der Waals surface area contributed by atoms with Gasteiger partial charge < -0.3 is 9.73 Å². The van der Waals surface area contributed by atoms with Crippen molar-refractivity contribution in [1.29, 1.82) is 0 Å². The van der Waals surface area contributed by atoms with Gasteiger partial charge in [0.1, 0.15) is 5.76 Å². The quantitative estimate of drug-likeness (QED) is 0.865. The lowest BCUT2D eigenvalue weighted by Gasteiger charge is -2.45. The summed E-state index contributed by atoms with van der Waals surface area (Å²) >= 11 is 0. The van der Waals surface area contributed by atoms with E-state index in [4.69, 9.17) is 4.42 Å². The summed E-state index contributed by atoms with van der Waals surface area (Å²) in [7, 11) is 0. The third-order valence-electron chi connectivity index (χ3n) is 4.52. The summed E-state index contributed by atoms with van der Waals surface area (Å²) in [5.41, 5.74) is 0. The van der Waals surface area contributed by atoms with Crippen LogP contribution in [-0.2, 0) is 6.42 Å². The number of nitrogens with one attached hydrogen (secondary N) is 1. The summed E-state index contributed by atoms with van der Waals surface area (Å²) in [6.07, 6.45) is 5.31. The molecule has 0 bridgehead atoms. The minimum Gasteiger partial charge on any atom is -0.469 e. The summed E-state index contributed by atoms with van der Waals surface area (Å²) in [5.74, 6) is 1.79. The highest BCUT2D eigenvalue weighted by molar-refractivity contribution is 5.01. The van der Waals surface area contributed by atoms with Crippen molar-refractivity contribution < 1.29 is 4.42 Å². The zero-order valence-electron chi connectivity index (χ0n) is 13.4. The monoisotopic (exact) mass is 278 g/mol. The third kappa shape index (κ3) is 3.86. The van der Waals surface area contributed by atoms with E-state index in [0.717, 1.165) is 18.7 Å². The fourth-order valence-electron chi connectivity index (χ4n) is 3.36. The van der Waals surface area contributed by atoms with Gasteiger partial charge in [0, 0.05) is 37.6 Å². The molecule has 1 aromatic heterocycles. The number of hydrogen-bond donors (Lipinski definition) is 1. The lowest BCUT2D eigenvalue weighted by atomic mass is 9.94. The fourth-order valence-corrected chi connectivity index (χ4v) is 3.36. The Kier molecular flexibility index (Phi) is 5.67. The van der Waals surface area contributed by atoms with Crippen LogP contribution in [0.2, 0.25) is 0 Å². The van der Waals surface area contributed by atoms with Crippen molar-refractivity contribution in [1.82, 2.24) is 10.2 Å². The lowest BCUT2D eigenvalue weighted by molar-refractivity contribution is 0.0583. The molecule has 2 rings (SSSR count). The van der Waals surface area contributed by atoms with Crippen molar-refractivity contribution in [2.24, 2.45) is 5.92 Å². The molecule has 2 heterocycles. The van der Waals surface area contributed by atoms with Crippen molar-refractivity contribution in [2.45, 2.75) is 65.1 Å². The Balaban J connectivity index is 2.01. The molecule has 114 valence electrons. The SMILES string of the molecule is CCCC1CN(C(C)Cc2ccco2)C(C(C)C)CN1. The maximum atomic E-state index is 5.52. The van der Waals surface area contributed by atoms with Crippen LogP contribution in [0.4, 0.5) is 0 Å². The first-order valence-corrected chi connectivity index (χ1v) is 8.13. The Bertz CT molecular complexity index is 374. The van der Waals surface area contributed by atoms with Crippen LogP contribution in [0.3, 0.4) is 0 Å². The number of rotatable bonds is 6. The van der Waals surface area contributed by atoms with Crippen LogP contribution in [0.25, 0.3) is 0 Å². The normalized spacial score (nSPS) is 26.1. The Morgan fingerprint density at radius 3 is 2.80 bits per heavy atom. The average molecular weight is 278 g/mol. The summed E-state index contributed by atoms with van der Waals surface area (Å²) in [5, 5.41) is 3.73. The average Bonchev–Trinajstić information content (AvgIpc) is 2.91. The molecule has 1 aromatic rings. The second kappa shape index (κ2) is 7.28. The molecule has 3 nitrogen and oxygen atoms in total. The first kappa shape index (κ1) is 15.6. The van der Waals surface area contributed by atoms with E-state index in [-0.39, 0.29) is 0 Å². The summed E-state index contributed by atoms with van der Waals surface area (Å²) in [6, 6.07) is 5.89. The third-order valence-corrected chi connectivity index (χ3v) is 4.52. The van der Waals surface area contributed by atoms with Crippen molar-refractivity contribution >= 4 is 0 Å². The zero-order chi connectivity index (χ0) is 14.5. The van der Waals surface area contributed by atoms with Crippen LogP contribution >= 0.6 is 0 Å². The van der Waals surface area contributed by atoms with Crippen molar-refractivity contribution in [2.75, 3.05) is 13.1 Å². The van der Waals surface area contributed by atoms with Gasteiger partial charge in [0.15, 0.2) is 0 Å². The Labute approximate surface area is 123 Å². The van der Waals surface area contributed by atoms with Gasteiger partial charge in [-0.1, -0.05) is 27.2 Å². The smallest absolute Gasteiger partial charge is 0.105 e. The minimum absolute atomic E-state index is 0.537. The van der Waals surface area contributed by atoms with Crippen molar-refractivity contribution in [3.63, 3.8) is 0 Å². The van der Waals surface area contributed by atoms with Gasteiger partial charge in [0.05, 0.1) is 6.26 Å². The molecule has 1 aliphatic rings. The molecule has 1 N–H and O–H groups in total. The molecular formula is C17H30N2O. The van der Waals surface area contributed by atoms with Gasteiger partial charge in [0.25, 0.3) is 0 Å². The molecule has 1 saturated heterocycles. The van der Waals surface area contributed by atoms with E-state index in [1.165, 1.54) is 19.4 Å². The number of furan rings is 1. The van der Waals surface area contributed by atoms with Gasteiger partial charge in [-0.25, -0.2) is 0 Å². The Morgan fingerprint density at radius 1 is 1.40 bits per heavy atom. The van der Waals surface area contributed by atoms with E-state index in [1.54, 1.807) is 6.26 Å². The van der Waals surface area contributed by atoms with Crippen LogP contribution < -0.4 is 5.32 Å². The lowest BCUT2D eigenvalue weighted by Crippen LogP contribution is -2.60. The van der Waals surface area contributed by atoms with Gasteiger partial charge in [-0.3, -0.25) is 4.90 Å². The van der Waals surface area contributed by atoms with Gasteiger partial charge in [-0.15, -0.1) is 0 Å². The predicted molar refractivity (Wildman–Crippen MR) is 83.9 cm³/mol. The van der Waals surface area contributed by atoms with Gasteiger partial charge in [-0.05, 0) is 31.4 Å². The molecule has 3 atom stereocenters. The predicted octanol–water partition coefficient (Wildman–Crippen LogP) is 3.31. The van der Waals surface area contributed by atoms with E-state index in [0.29, 0.717) is 24.0 Å². The summed E-state index contributed by atoms with van der Waals surface area (Å²) in [6.45, 7) is 11.6. The Morgan fingerprint density at radius 2 is 2.20 bits per heavy atom. The van der Waals surface area contributed by atoms with Gasteiger partial charge in [0.2, 0.25) is 0 Å². The highest BCUT2D eigenvalue weighted by Crippen LogP contribution is 2.21. The van der Waals surface area contributed by atoms with E-state index in [1.807, 2.05) is 6.07 Å². The molecule has 3 unspecified atom stereocenters. The van der Waals surface area contributed by atoms with Gasteiger partial charge in [-0.2, -0.15) is 0 Å². The molecule has 0 radical (unpaired) electrons. The second-order valence-electron chi connectivity index (χ2n) is 6.53.